The van der Waals surface area contributed by atoms with Gasteiger partial charge >= 0.3 is 0 Å². The Labute approximate surface area is 103 Å². The van der Waals surface area contributed by atoms with Crippen molar-refractivity contribution >= 4 is 0 Å². The summed E-state index contributed by atoms with van der Waals surface area (Å²) >= 11 is 0. The van der Waals surface area contributed by atoms with Crippen molar-refractivity contribution in [1.29, 1.82) is 0 Å². The zero-order chi connectivity index (χ0) is 10.4. The maximum Gasteiger partial charge on any atom is -0.0157 e. The first-order valence-corrected chi connectivity index (χ1v) is 5.95. The smallest absolute Gasteiger partial charge is 0.0157 e. The summed E-state index contributed by atoms with van der Waals surface area (Å²) in [4.78, 5) is 0. The SMILES string of the molecule is C.C.CC.CCC1CC(c2ccccc2)C1. The summed E-state index contributed by atoms with van der Waals surface area (Å²) in [7, 11) is 0. The number of hydrogen-bond donors (Lipinski definition) is 0. The molecule has 0 atom stereocenters. The van der Waals surface area contributed by atoms with Gasteiger partial charge < -0.3 is 0 Å². The first-order valence-electron chi connectivity index (χ1n) is 5.95. The summed E-state index contributed by atoms with van der Waals surface area (Å²) in [6.07, 6.45) is 4.20. The molecule has 0 bridgehead atoms. The largest absolute Gasteiger partial charge is 0.0776 e. The van der Waals surface area contributed by atoms with E-state index in [4.69, 9.17) is 0 Å². The maximum atomic E-state index is 2.30. The third kappa shape index (κ3) is 4.38. The Kier molecular flexibility index (Phi) is 10.4. The molecule has 0 unspecified atom stereocenters. The van der Waals surface area contributed by atoms with Gasteiger partial charge in [-0.25, -0.2) is 0 Å². The van der Waals surface area contributed by atoms with E-state index in [-0.39, 0.29) is 14.9 Å². The molecule has 0 heterocycles. The van der Waals surface area contributed by atoms with Gasteiger partial charge in [0.1, 0.15) is 0 Å². The van der Waals surface area contributed by atoms with Gasteiger partial charge in [-0.15, -0.1) is 0 Å². The Bertz CT molecular complexity index is 231. The third-order valence-corrected chi connectivity index (χ3v) is 3.08. The van der Waals surface area contributed by atoms with E-state index < -0.39 is 0 Å². The van der Waals surface area contributed by atoms with Gasteiger partial charge in [-0.3, -0.25) is 0 Å². The molecule has 0 radical (unpaired) electrons. The molecule has 1 aromatic carbocycles. The lowest BCUT2D eigenvalue weighted by Crippen LogP contribution is -2.20. The molecule has 1 saturated carbocycles. The van der Waals surface area contributed by atoms with Crippen LogP contribution in [0.2, 0.25) is 0 Å². The molecule has 1 aromatic rings. The average Bonchev–Trinajstić information content (AvgIpc) is 2.21. The van der Waals surface area contributed by atoms with E-state index in [9.17, 15) is 0 Å². The van der Waals surface area contributed by atoms with Crippen LogP contribution in [0.5, 0.6) is 0 Å². The topological polar surface area (TPSA) is 0 Å². The Hall–Kier alpha value is -0.780. The number of hydrogen-bond acceptors (Lipinski definition) is 0. The van der Waals surface area contributed by atoms with Gasteiger partial charge in [-0.1, -0.05) is 72.4 Å². The summed E-state index contributed by atoms with van der Waals surface area (Å²) in [5.41, 5.74) is 1.54. The quantitative estimate of drug-likeness (QED) is 0.585. The van der Waals surface area contributed by atoms with Crippen molar-refractivity contribution in [2.75, 3.05) is 0 Å². The van der Waals surface area contributed by atoms with Crippen molar-refractivity contribution < 1.29 is 0 Å². The van der Waals surface area contributed by atoms with Crippen LogP contribution in [0.15, 0.2) is 30.3 Å². The second-order valence-electron chi connectivity index (χ2n) is 3.85. The first kappa shape index (κ1) is 17.6. The molecular formula is C16H30. The van der Waals surface area contributed by atoms with Crippen molar-refractivity contribution in [3.63, 3.8) is 0 Å². The van der Waals surface area contributed by atoms with Crippen molar-refractivity contribution in [2.45, 2.75) is 60.8 Å². The maximum absolute atomic E-state index is 2.30. The van der Waals surface area contributed by atoms with E-state index in [0.717, 1.165) is 11.8 Å². The fraction of sp³-hybridized carbons (Fsp3) is 0.625. The summed E-state index contributed by atoms with van der Waals surface area (Å²) in [6.45, 7) is 6.30. The minimum Gasteiger partial charge on any atom is -0.0776 e. The van der Waals surface area contributed by atoms with Crippen LogP contribution >= 0.6 is 0 Å². The molecule has 16 heavy (non-hydrogen) atoms. The fourth-order valence-corrected chi connectivity index (χ4v) is 2.07. The summed E-state index contributed by atoms with van der Waals surface area (Å²) < 4.78 is 0. The number of benzene rings is 1. The van der Waals surface area contributed by atoms with Gasteiger partial charge in [0.05, 0.1) is 0 Å². The molecule has 1 aliphatic rings. The predicted octanol–water partition coefficient (Wildman–Crippen LogP) is 5.89. The summed E-state index contributed by atoms with van der Waals surface area (Å²) in [5, 5.41) is 0. The molecule has 1 fully saturated rings. The first-order chi connectivity index (χ1) is 6.90. The fourth-order valence-electron chi connectivity index (χ4n) is 2.07. The van der Waals surface area contributed by atoms with E-state index in [1.807, 2.05) is 13.8 Å². The van der Waals surface area contributed by atoms with Crippen LogP contribution in [0, 0.1) is 5.92 Å². The van der Waals surface area contributed by atoms with Crippen LogP contribution in [0.1, 0.15) is 66.4 Å². The molecule has 1 aliphatic carbocycles. The Balaban J connectivity index is 0. The van der Waals surface area contributed by atoms with Crippen LogP contribution in [0.3, 0.4) is 0 Å². The second kappa shape index (κ2) is 9.45. The molecule has 0 amide bonds. The highest BCUT2D eigenvalue weighted by atomic mass is 14.3. The lowest BCUT2D eigenvalue weighted by molar-refractivity contribution is 0.256. The van der Waals surface area contributed by atoms with Crippen molar-refractivity contribution in [2.24, 2.45) is 5.92 Å². The van der Waals surface area contributed by atoms with E-state index in [1.165, 1.54) is 19.3 Å². The molecule has 0 aromatic heterocycles. The highest BCUT2D eigenvalue weighted by molar-refractivity contribution is 5.21. The normalized spacial score (nSPS) is 21.4. The van der Waals surface area contributed by atoms with Crippen molar-refractivity contribution in [3.05, 3.63) is 35.9 Å². The van der Waals surface area contributed by atoms with E-state index in [1.54, 1.807) is 5.56 Å². The number of rotatable bonds is 2. The van der Waals surface area contributed by atoms with Crippen molar-refractivity contribution in [3.8, 4) is 0 Å². The zero-order valence-corrected chi connectivity index (χ0v) is 9.66. The zero-order valence-electron chi connectivity index (χ0n) is 9.66. The monoisotopic (exact) mass is 222 g/mol. The Morgan fingerprint density at radius 2 is 1.50 bits per heavy atom. The summed E-state index contributed by atoms with van der Waals surface area (Å²) in [5.74, 6) is 1.88. The van der Waals surface area contributed by atoms with Gasteiger partial charge in [0.15, 0.2) is 0 Å². The van der Waals surface area contributed by atoms with Gasteiger partial charge in [-0.2, -0.15) is 0 Å². The van der Waals surface area contributed by atoms with Gasteiger partial charge in [0, 0.05) is 0 Å². The standard InChI is InChI=1S/C12H16.C2H6.2CH4/c1-2-10-8-12(9-10)11-6-4-3-5-7-11;1-2;;/h3-7,10,12H,2,8-9H2,1H3;1-2H3;2*1H4. The van der Waals surface area contributed by atoms with Crippen LogP contribution < -0.4 is 0 Å². The molecule has 0 spiro atoms. The Morgan fingerprint density at radius 1 is 1.00 bits per heavy atom. The third-order valence-electron chi connectivity index (χ3n) is 3.08. The van der Waals surface area contributed by atoms with Gasteiger partial charge in [0.25, 0.3) is 0 Å². The highest BCUT2D eigenvalue weighted by Gasteiger charge is 2.28. The minimum atomic E-state index is 0. The Morgan fingerprint density at radius 3 is 1.94 bits per heavy atom. The molecular weight excluding hydrogens is 192 g/mol. The second-order valence-corrected chi connectivity index (χ2v) is 3.85. The molecule has 0 saturated heterocycles. The molecule has 2 rings (SSSR count). The van der Waals surface area contributed by atoms with Crippen LogP contribution in [0.4, 0.5) is 0 Å². The predicted molar refractivity (Wildman–Crippen MR) is 77.0 cm³/mol. The average molecular weight is 222 g/mol. The van der Waals surface area contributed by atoms with Crippen LogP contribution in [-0.4, -0.2) is 0 Å². The molecule has 0 N–H and O–H groups in total. The van der Waals surface area contributed by atoms with E-state index in [2.05, 4.69) is 37.3 Å². The van der Waals surface area contributed by atoms with E-state index >= 15 is 0 Å². The molecule has 0 heteroatoms. The highest BCUT2D eigenvalue weighted by Crippen LogP contribution is 2.42. The molecule has 94 valence electrons. The van der Waals surface area contributed by atoms with Crippen LogP contribution in [-0.2, 0) is 0 Å². The lowest BCUT2D eigenvalue weighted by atomic mass is 9.70. The lowest BCUT2D eigenvalue weighted by Gasteiger charge is -2.35. The van der Waals surface area contributed by atoms with Crippen LogP contribution in [0.25, 0.3) is 0 Å². The molecule has 0 aliphatic heterocycles. The van der Waals surface area contributed by atoms with E-state index in [0.29, 0.717) is 0 Å². The van der Waals surface area contributed by atoms with Gasteiger partial charge in [0.2, 0.25) is 0 Å². The van der Waals surface area contributed by atoms with Crippen molar-refractivity contribution in [1.82, 2.24) is 0 Å². The molecule has 0 nitrogen and oxygen atoms in total. The van der Waals surface area contributed by atoms with Gasteiger partial charge in [-0.05, 0) is 30.2 Å². The summed E-state index contributed by atoms with van der Waals surface area (Å²) in [6, 6.07) is 10.9. The minimum absolute atomic E-state index is 0.